The van der Waals surface area contributed by atoms with Gasteiger partial charge in [0, 0.05) is 28.7 Å². The summed E-state index contributed by atoms with van der Waals surface area (Å²) in [5.74, 6) is -0.0637. The third-order valence-electron chi connectivity index (χ3n) is 1.96. The van der Waals surface area contributed by atoms with Crippen LogP contribution in [-0.2, 0) is 0 Å². The molecule has 4 heteroatoms. The van der Waals surface area contributed by atoms with Gasteiger partial charge < -0.3 is 4.90 Å². The van der Waals surface area contributed by atoms with Crippen LogP contribution >= 0.6 is 27.5 Å². The summed E-state index contributed by atoms with van der Waals surface area (Å²) in [6.45, 7) is 6.21. The fourth-order valence-corrected chi connectivity index (χ4v) is 2.23. The summed E-state index contributed by atoms with van der Waals surface area (Å²) in [7, 11) is 1.74. The van der Waals surface area contributed by atoms with Crippen LogP contribution in [0.2, 0.25) is 5.02 Å². The number of benzene rings is 1. The number of carbonyl (C=O) groups is 1. The highest BCUT2D eigenvalue weighted by Gasteiger charge is 2.12. The maximum absolute atomic E-state index is 12.0. The van der Waals surface area contributed by atoms with Gasteiger partial charge in [0.15, 0.2) is 0 Å². The largest absolute Gasteiger partial charge is 0.338 e. The van der Waals surface area contributed by atoms with Crippen molar-refractivity contribution in [3.8, 4) is 0 Å². The zero-order valence-corrected chi connectivity index (χ0v) is 11.6. The maximum atomic E-state index is 12.0. The molecule has 0 saturated carbocycles. The molecule has 2 nitrogen and oxygen atoms in total. The molecule has 1 rings (SSSR count). The first kappa shape index (κ1) is 13.3. The van der Waals surface area contributed by atoms with Gasteiger partial charge in [0.2, 0.25) is 0 Å². The Bertz CT molecular complexity index is 411. The number of hydrogen-bond acceptors (Lipinski definition) is 1. The van der Waals surface area contributed by atoms with Crippen LogP contribution in [0.4, 0.5) is 0 Å². The first-order valence-electron chi connectivity index (χ1n) is 4.76. The molecule has 0 saturated heterocycles. The summed E-state index contributed by atoms with van der Waals surface area (Å²) in [6, 6.07) is 5.16. The van der Waals surface area contributed by atoms with Crippen molar-refractivity contribution in [1.29, 1.82) is 0 Å². The molecule has 0 aliphatic heterocycles. The third-order valence-corrected chi connectivity index (χ3v) is 2.64. The zero-order chi connectivity index (χ0) is 12.3. The average molecular weight is 303 g/mol. The molecule has 0 N–H and O–H groups in total. The van der Waals surface area contributed by atoms with Crippen molar-refractivity contribution < 1.29 is 4.79 Å². The molecular weight excluding hydrogens is 289 g/mol. The third kappa shape index (κ3) is 3.65. The van der Waals surface area contributed by atoms with E-state index in [9.17, 15) is 4.79 Å². The molecule has 0 spiro atoms. The van der Waals surface area contributed by atoms with Crippen molar-refractivity contribution in [2.45, 2.75) is 6.92 Å². The van der Waals surface area contributed by atoms with E-state index in [4.69, 9.17) is 11.6 Å². The van der Waals surface area contributed by atoms with Gasteiger partial charge in [0.25, 0.3) is 5.91 Å². The molecule has 86 valence electrons. The molecule has 0 bridgehead atoms. The Labute approximate surface area is 109 Å². The van der Waals surface area contributed by atoms with Crippen LogP contribution in [0.15, 0.2) is 34.8 Å². The highest BCUT2D eigenvalue weighted by molar-refractivity contribution is 9.10. The van der Waals surface area contributed by atoms with E-state index in [0.717, 1.165) is 10.0 Å². The van der Waals surface area contributed by atoms with Gasteiger partial charge in [-0.3, -0.25) is 4.79 Å². The minimum atomic E-state index is -0.0637. The fraction of sp³-hybridized carbons (Fsp3) is 0.250. The van der Waals surface area contributed by atoms with Crippen LogP contribution in [0, 0.1) is 0 Å². The molecule has 0 atom stereocenters. The minimum absolute atomic E-state index is 0.0637. The van der Waals surface area contributed by atoms with Gasteiger partial charge in [0.05, 0.1) is 0 Å². The molecule has 1 aromatic carbocycles. The van der Waals surface area contributed by atoms with Crippen molar-refractivity contribution in [3.05, 3.63) is 45.4 Å². The van der Waals surface area contributed by atoms with Gasteiger partial charge in [-0.1, -0.05) is 39.7 Å². The first-order chi connectivity index (χ1) is 7.40. The van der Waals surface area contributed by atoms with Crippen molar-refractivity contribution >= 4 is 33.4 Å². The minimum Gasteiger partial charge on any atom is -0.338 e. The van der Waals surface area contributed by atoms with Crippen LogP contribution in [-0.4, -0.2) is 24.4 Å². The second-order valence-electron chi connectivity index (χ2n) is 3.78. The normalized spacial score (nSPS) is 10.0. The number of halogens is 2. The summed E-state index contributed by atoms with van der Waals surface area (Å²) in [6.07, 6.45) is 0. The number of likely N-dealkylation sites (N-methyl/N-ethyl adjacent to an activating group) is 1. The predicted molar refractivity (Wildman–Crippen MR) is 70.9 cm³/mol. The van der Waals surface area contributed by atoms with Crippen LogP contribution in [0.5, 0.6) is 0 Å². The molecule has 1 amide bonds. The molecule has 16 heavy (non-hydrogen) atoms. The average Bonchev–Trinajstić information content (AvgIpc) is 2.13. The number of amides is 1. The Balaban J connectivity index is 2.91. The summed E-state index contributed by atoms with van der Waals surface area (Å²) in [4.78, 5) is 13.6. The van der Waals surface area contributed by atoms with Crippen molar-refractivity contribution in [1.82, 2.24) is 4.90 Å². The van der Waals surface area contributed by atoms with E-state index in [1.807, 2.05) is 6.92 Å². The van der Waals surface area contributed by atoms with Gasteiger partial charge in [-0.25, -0.2) is 0 Å². The number of hydrogen-bond donors (Lipinski definition) is 0. The summed E-state index contributed by atoms with van der Waals surface area (Å²) < 4.78 is 0.798. The van der Waals surface area contributed by atoms with Crippen molar-refractivity contribution in [3.63, 3.8) is 0 Å². The summed E-state index contributed by atoms with van der Waals surface area (Å²) in [5, 5.41) is 0.543. The molecule has 0 heterocycles. The van der Waals surface area contributed by atoms with E-state index in [-0.39, 0.29) is 5.91 Å². The van der Waals surface area contributed by atoms with E-state index in [1.165, 1.54) is 0 Å². The molecular formula is C12H13BrClNO. The van der Waals surface area contributed by atoms with Gasteiger partial charge in [0.1, 0.15) is 0 Å². The predicted octanol–water partition coefficient (Wildman–Crippen LogP) is 3.75. The first-order valence-corrected chi connectivity index (χ1v) is 5.93. The van der Waals surface area contributed by atoms with Gasteiger partial charge in [-0.15, -0.1) is 0 Å². The van der Waals surface area contributed by atoms with Crippen LogP contribution < -0.4 is 0 Å². The smallest absolute Gasteiger partial charge is 0.253 e. The highest BCUT2D eigenvalue weighted by atomic mass is 79.9. The molecule has 1 aromatic rings. The summed E-state index contributed by atoms with van der Waals surface area (Å²) in [5.41, 5.74) is 1.51. The summed E-state index contributed by atoms with van der Waals surface area (Å²) >= 11 is 9.19. The zero-order valence-electron chi connectivity index (χ0n) is 9.26. The lowest BCUT2D eigenvalue weighted by Gasteiger charge is -2.17. The van der Waals surface area contributed by atoms with Crippen LogP contribution in [0.3, 0.4) is 0 Å². The molecule has 0 fully saturated rings. The maximum Gasteiger partial charge on any atom is 0.253 e. The fourth-order valence-electron chi connectivity index (χ4n) is 1.37. The molecule has 0 unspecified atom stereocenters. The topological polar surface area (TPSA) is 20.3 Å². The quantitative estimate of drug-likeness (QED) is 0.779. The van der Waals surface area contributed by atoms with E-state index in [1.54, 1.807) is 30.1 Å². The Morgan fingerprint density at radius 1 is 1.50 bits per heavy atom. The Kier molecular flexibility index (Phi) is 4.56. The second-order valence-corrected chi connectivity index (χ2v) is 5.13. The second kappa shape index (κ2) is 5.51. The lowest BCUT2D eigenvalue weighted by atomic mass is 10.2. The molecule has 0 aliphatic carbocycles. The highest BCUT2D eigenvalue weighted by Crippen LogP contribution is 2.20. The number of nitrogens with zero attached hydrogens (tertiary/aromatic N) is 1. The Morgan fingerprint density at radius 2 is 2.12 bits per heavy atom. The van der Waals surface area contributed by atoms with Gasteiger partial charge >= 0.3 is 0 Å². The van der Waals surface area contributed by atoms with Crippen molar-refractivity contribution in [2.75, 3.05) is 13.6 Å². The lowest BCUT2D eigenvalue weighted by molar-refractivity contribution is 0.0807. The monoisotopic (exact) mass is 301 g/mol. The number of rotatable bonds is 3. The van der Waals surface area contributed by atoms with E-state index in [0.29, 0.717) is 17.1 Å². The molecule has 0 aliphatic rings. The Morgan fingerprint density at radius 3 is 2.62 bits per heavy atom. The van der Waals surface area contributed by atoms with E-state index >= 15 is 0 Å². The van der Waals surface area contributed by atoms with Crippen LogP contribution in [0.25, 0.3) is 0 Å². The molecule has 0 aromatic heterocycles. The van der Waals surface area contributed by atoms with Gasteiger partial charge in [-0.2, -0.15) is 0 Å². The number of carbonyl (C=O) groups excluding carboxylic acids is 1. The van der Waals surface area contributed by atoms with Crippen molar-refractivity contribution in [2.24, 2.45) is 0 Å². The van der Waals surface area contributed by atoms with E-state index < -0.39 is 0 Å². The standard InChI is InChI=1S/C12H13BrClNO/c1-8(2)7-15(3)12(16)9-4-10(13)6-11(14)5-9/h4-6H,1,7H2,2-3H3. The lowest BCUT2D eigenvalue weighted by Crippen LogP contribution is -2.28. The van der Waals surface area contributed by atoms with Crippen LogP contribution in [0.1, 0.15) is 17.3 Å². The molecule has 0 radical (unpaired) electrons. The van der Waals surface area contributed by atoms with Gasteiger partial charge in [-0.05, 0) is 25.1 Å². The van der Waals surface area contributed by atoms with E-state index in [2.05, 4.69) is 22.5 Å². The Hall–Kier alpha value is -0.800. The SMILES string of the molecule is C=C(C)CN(C)C(=O)c1cc(Cl)cc(Br)c1.